The van der Waals surface area contributed by atoms with Gasteiger partial charge in [-0.25, -0.2) is 9.97 Å². The predicted molar refractivity (Wildman–Crippen MR) is 80.4 cm³/mol. The van der Waals surface area contributed by atoms with Crippen molar-refractivity contribution in [3.63, 3.8) is 0 Å². The summed E-state index contributed by atoms with van der Waals surface area (Å²) in [6, 6.07) is 5.56. The Morgan fingerprint density at radius 3 is 2.81 bits per heavy atom. The fourth-order valence-electron chi connectivity index (χ4n) is 1.88. The second-order valence-electron chi connectivity index (χ2n) is 5.10. The molecule has 112 valence electrons. The molecule has 0 aliphatic carbocycles. The molecule has 0 radical (unpaired) electrons. The van der Waals surface area contributed by atoms with Gasteiger partial charge in [0.15, 0.2) is 0 Å². The zero-order valence-corrected chi connectivity index (χ0v) is 12.5. The monoisotopic (exact) mass is 288 g/mol. The van der Waals surface area contributed by atoms with Gasteiger partial charge < -0.3 is 15.0 Å². The van der Waals surface area contributed by atoms with Crippen LogP contribution in [0.2, 0.25) is 0 Å². The van der Waals surface area contributed by atoms with Crippen molar-refractivity contribution >= 4 is 0 Å². The Labute approximate surface area is 123 Å². The highest BCUT2D eigenvalue weighted by molar-refractivity contribution is 5.21. The minimum atomic E-state index is -0.137. The molecule has 6 nitrogen and oxygen atoms in total. The average molecular weight is 288 g/mol. The average Bonchev–Trinajstić information content (AvgIpc) is 2.45. The van der Waals surface area contributed by atoms with E-state index in [-0.39, 0.29) is 5.56 Å². The van der Waals surface area contributed by atoms with E-state index in [0.717, 1.165) is 11.3 Å². The maximum absolute atomic E-state index is 11.7. The summed E-state index contributed by atoms with van der Waals surface area (Å²) in [5, 5.41) is 3.25. The van der Waals surface area contributed by atoms with Crippen LogP contribution < -0.4 is 15.6 Å². The summed E-state index contributed by atoms with van der Waals surface area (Å²) in [6.07, 6.45) is 2.25. The van der Waals surface area contributed by atoms with E-state index in [9.17, 15) is 4.79 Å². The molecule has 2 rings (SSSR count). The number of pyridine rings is 1. The van der Waals surface area contributed by atoms with E-state index in [1.807, 2.05) is 6.07 Å². The van der Waals surface area contributed by atoms with Gasteiger partial charge in [0.25, 0.3) is 5.56 Å². The molecule has 21 heavy (non-hydrogen) atoms. The molecular formula is C15H20N4O2. The second kappa shape index (κ2) is 6.99. The summed E-state index contributed by atoms with van der Waals surface area (Å²) in [5.74, 6) is 1.20. The Bertz CT molecular complexity index is 635. The lowest BCUT2D eigenvalue weighted by Gasteiger charge is -2.08. The molecule has 6 heteroatoms. The smallest absolute Gasteiger partial charge is 0.251 e. The number of hydrogen-bond donors (Lipinski definition) is 2. The molecule has 0 saturated heterocycles. The summed E-state index contributed by atoms with van der Waals surface area (Å²) in [5.41, 5.74) is 1.57. The van der Waals surface area contributed by atoms with Crippen molar-refractivity contribution in [2.45, 2.75) is 32.9 Å². The summed E-state index contributed by atoms with van der Waals surface area (Å²) in [7, 11) is 1.58. The number of H-pyrrole nitrogens is 1. The molecule has 2 heterocycles. The standard InChI is InChI=1S/C15H20N4O2/c1-10(2)16-9-12-7-14(20)19-13(18-12)6-11-4-5-15(21-3)17-8-11/h4-5,7-8,10,16H,6,9H2,1-3H3,(H,18,19,20). The van der Waals surface area contributed by atoms with Gasteiger partial charge in [-0.05, 0) is 5.56 Å². The van der Waals surface area contributed by atoms with Crippen LogP contribution in [-0.2, 0) is 13.0 Å². The molecular weight excluding hydrogens is 268 g/mol. The number of aromatic nitrogens is 3. The fraction of sp³-hybridized carbons (Fsp3) is 0.400. The molecule has 0 aliphatic rings. The van der Waals surface area contributed by atoms with Crippen molar-refractivity contribution in [3.05, 3.63) is 51.8 Å². The topological polar surface area (TPSA) is 79.9 Å². The van der Waals surface area contributed by atoms with Gasteiger partial charge in [0.2, 0.25) is 5.88 Å². The molecule has 0 unspecified atom stereocenters. The van der Waals surface area contributed by atoms with Gasteiger partial charge in [-0.3, -0.25) is 4.79 Å². The normalized spacial score (nSPS) is 10.9. The maximum atomic E-state index is 11.7. The first-order valence-corrected chi connectivity index (χ1v) is 6.88. The van der Waals surface area contributed by atoms with Crippen LogP contribution in [-0.4, -0.2) is 28.1 Å². The van der Waals surface area contributed by atoms with Gasteiger partial charge in [-0.1, -0.05) is 19.9 Å². The lowest BCUT2D eigenvalue weighted by atomic mass is 10.2. The van der Waals surface area contributed by atoms with Crippen LogP contribution in [0.15, 0.2) is 29.2 Å². The fourth-order valence-corrected chi connectivity index (χ4v) is 1.88. The molecule has 0 amide bonds. The third-order valence-corrected chi connectivity index (χ3v) is 2.91. The Morgan fingerprint density at radius 2 is 2.19 bits per heavy atom. The summed E-state index contributed by atoms with van der Waals surface area (Å²) in [4.78, 5) is 23.1. The second-order valence-corrected chi connectivity index (χ2v) is 5.10. The Balaban J connectivity index is 2.13. The number of methoxy groups -OCH3 is 1. The highest BCUT2D eigenvalue weighted by Crippen LogP contribution is 2.09. The van der Waals surface area contributed by atoms with E-state index >= 15 is 0 Å². The lowest BCUT2D eigenvalue weighted by Crippen LogP contribution is -2.24. The number of rotatable bonds is 6. The van der Waals surface area contributed by atoms with E-state index in [2.05, 4.69) is 34.1 Å². The summed E-state index contributed by atoms with van der Waals surface area (Å²) >= 11 is 0. The lowest BCUT2D eigenvalue weighted by molar-refractivity contribution is 0.397. The minimum absolute atomic E-state index is 0.137. The zero-order chi connectivity index (χ0) is 15.2. The van der Waals surface area contributed by atoms with Crippen molar-refractivity contribution in [2.75, 3.05) is 7.11 Å². The molecule has 0 fully saturated rings. The Hall–Kier alpha value is -2.21. The van der Waals surface area contributed by atoms with Crippen molar-refractivity contribution in [3.8, 4) is 5.88 Å². The molecule has 0 saturated carbocycles. The van der Waals surface area contributed by atoms with Crippen LogP contribution in [0.4, 0.5) is 0 Å². The molecule has 0 atom stereocenters. The highest BCUT2D eigenvalue weighted by atomic mass is 16.5. The molecule has 2 N–H and O–H groups in total. The van der Waals surface area contributed by atoms with Crippen LogP contribution in [0.3, 0.4) is 0 Å². The van der Waals surface area contributed by atoms with Crippen LogP contribution in [0, 0.1) is 0 Å². The molecule has 0 bridgehead atoms. The van der Waals surface area contributed by atoms with E-state index < -0.39 is 0 Å². The first kappa shape index (κ1) is 15.2. The molecule has 0 aliphatic heterocycles. The van der Waals surface area contributed by atoms with Crippen LogP contribution in [0.5, 0.6) is 5.88 Å². The van der Waals surface area contributed by atoms with E-state index in [1.54, 1.807) is 19.4 Å². The third kappa shape index (κ3) is 4.68. The summed E-state index contributed by atoms with van der Waals surface area (Å²) < 4.78 is 5.02. The minimum Gasteiger partial charge on any atom is -0.481 e. The van der Waals surface area contributed by atoms with Crippen molar-refractivity contribution in [1.82, 2.24) is 20.3 Å². The van der Waals surface area contributed by atoms with Crippen molar-refractivity contribution < 1.29 is 4.74 Å². The third-order valence-electron chi connectivity index (χ3n) is 2.91. The van der Waals surface area contributed by atoms with E-state index in [4.69, 9.17) is 4.74 Å². The number of nitrogens with one attached hydrogen (secondary N) is 2. The Kier molecular flexibility index (Phi) is 5.05. The SMILES string of the molecule is COc1ccc(Cc2nc(CNC(C)C)cc(=O)[nH]2)cn1. The van der Waals surface area contributed by atoms with E-state index in [1.165, 1.54) is 6.07 Å². The van der Waals surface area contributed by atoms with Gasteiger partial charge in [-0.2, -0.15) is 0 Å². The van der Waals surface area contributed by atoms with Crippen LogP contribution >= 0.6 is 0 Å². The molecule has 2 aromatic rings. The van der Waals surface area contributed by atoms with E-state index in [0.29, 0.717) is 30.7 Å². The van der Waals surface area contributed by atoms with Gasteiger partial charge >= 0.3 is 0 Å². The zero-order valence-electron chi connectivity index (χ0n) is 12.5. The predicted octanol–water partition coefficient (Wildman–Crippen LogP) is 1.26. The highest BCUT2D eigenvalue weighted by Gasteiger charge is 2.04. The van der Waals surface area contributed by atoms with Crippen LogP contribution in [0.1, 0.15) is 30.9 Å². The summed E-state index contributed by atoms with van der Waals surface area (Å²) in [6.45, 7) is 4.68. The molecule has 0 aromatic carbocycles. The van der Waals surface area contributed by atoms with Crippen molar-refractivity contribution in [2.24, 2.45) is 0 Å². The molecule has 2 aromatic heterocycles. The molecule has 0 spiro atoms. The number of aromatic amines is 1. The number of hydrogen-bond acceptors (Lipinski definition) is 5. The Morgan fingerprint density at radius 1 is 1.38 bits per heavy atom. The number of nitrogens with zero attached hydrogens (tertiary/aromatic N) is 2. The first-order valence-electron chi connectivity index (χ1n) is 6.88. The first-order chi connectivity index (χ1) is 10.1. The maximum Gasteiger partial charge on any atom is 0.251 e. The van der Waals surface area contributed by atoms with Crippen molar-refractivity contribution in [1.29, 1.82) is 0 Å². The quantitative estimate of drug-likeness (QED) is 0.836. The van der Waals surface area contributed by atoms with Gasteiger partial charge in [0.1, 0.15) is 5.82 Å². The van der Waals surface area contributed by atoms with Gasteiger partial charge in [0.05, 0.1) is 12.8 Å². The van der Waals surface area contributed by atoms with Gasteiger partial charge in [0, 0.05) is 37.3 Å². The number of ether oxygens (including phenoxy) is 1. The van der Waals surface area contributed by atoms with Crippen LogP contribution in [0.25, 0.3) is 0 Å². The van der Waals surface area contributed by atoms with Gasteiger partial charge in [-0.15, -0.1) is 0 Å². The largest absolute Gasteiger partial charge is 0.481 e.